The summed E-state index contributed by atoms with van der Waals surface area (Å²) in [6, 6.07) is 11.6. The minimum atomic E-state index is -0.105. The Bertz CT molecular complexity index is 851. The zero-order valence-corrected chi connectivity index (χ0v) is 19.0. The number of rotatable bonds is 9. The molecule has 3 rings (SSSR count). The number of methoxy groups -OCH3 is 3. The number of amides is 1. The summed E-state index contributed by atoms with van der Waals surface area (Å²) in [5.74, 6) is 1.27. The molecular formula is C24H32N2O5. The fourth-order valence-electron chi connectivity index (χ4n) is 3.76. The van der Waals surface area contributed by atoms with E-state index in [4.69, 9.17) is 18.9 Å². The van der Waals surface area contributed by atoms with Gasteiger partial charge in [-0.15, -0.1) is 0 Å². The molecule has 0 N–H and O–H groups in total. The Labute approximate surface area is 184 Å². The van der Waals surface area contributed by atoms with Crippen LogP contribution < -0.4 is 19.1 Å². The first-order valence-electron chi connectivity index (χ1n) is 10.4. The van der Waals surface area contributed by atoms with Crippen LogP contribution in [0.1, 0.15) is 28.8 Å². The number of benzene rings is 2. The zero-order valence-electron chi connectivity index (χ0n) is 19.0. The van der Waals surface area contributed by atoms with Crippen molar-refractivity contribution in [3.63, 3.8) is 0 Å². The summed E-state index contributed by atoms with van der Waals surface area (Å²) in [5, 5.41) is 0. The molecular weight excluding hydrogens is 396 g/mol. The van der Waals surface area contributed by atoms with Crippen LogP contribution in [0.15, 0.2) is 36.4 Å². The molecule has 2 aromatic carbocycles. The number of anilines is 1. The smallest absolute Gasteiger partial charge is 0.254 e. The minimum Gasteiger partial charge on any atom is -0.493 e. The summed E-state index contributed by atoms with van der Waals surface area (Å²) < 4.78 is 22.1. The Hall–Kier alpha value is -2.93. The van der Waals surface area contributed by atoms with Crippen molar-refractivity contribution in [1.82, 2.24) is 4.90 Å². The molecule has 0 saturated carbocycles. The van der Waals surface area contributed by atoms with E-state index in [1.54, 1.807) is 33.5 Å². The molecule has 1 aliphatic rings. The molecule has 2 aromatic rings. The van der Waals surface area contributed by atoms with Gasteiger partial charge < -0.3 is 28.7 Å². The van der Waals surface area contributed by atoms with Gasteiger partial charge in [-0.3, -0.25) is 4.79 Å². The Morgan fingerprint density at radius 2 is 1.68 bits per heavy atom. The van der Waals surface area contributed by atoms with E-state index < -0.39 is 0 Å². The lowest BCUT2D eigenvalue weighted by atomic mass is 10.1. The summed E-state index contributed by atoms with van der Waals surface area (Å²) in [6.45, 7) is 1.77. The number of hydrogen-bond acceptors (Lipinski definition) is 6. The Kier molecular flexibility index (Phi) is 7.63. The van der Waals surface area contributed by atoms with Gasteiger partial charge >= 0.3 is 0 Å². The fraction of sp³-hybridized carbons (Fsp3) is 0.458. The highest BCUT2D eigenvalue weighted by molar-refractivity contribution is 5.95. The van der Waals surface area contributed by atoms with Gasteiger partial charge in [0.1, 0.15) is 0 Å². The van der Waals surface area contributed by atoms with Gasteiger partial charge in [0.05, 0.1) is 27.4 Å². The molecule has 1 atom stereocenters. The molecule has 7 nitrogen and oxygen atoms in total. The third-order valence-electron chi connectivity index (χ3n) is 5.47. The molecule has 0 aliphatic carbocycles. The second-order valence-corrected chi connectivity index (χ2v) is 7.80. The molecule has 1 saturated heterocycles. The van der Waals surface area contributed by atoms with Crippen molar-refractivity contribution >= 4 is 11.6 Å². The van der Waals surface area contributed by atoms with Crippen molar-refractivity contribution in [1.29, 1.82) is 0 Å². The molecule has 1 amide bonds. The molecule has 0 radical (unpaired) electrons. The highest BCUT2D eigenvalue weighted by atomic mass is 16.5. The van der Waals surface area contributed by atoms with Crippen LogP contribution in [-0.2, 0) is 11.3 Å². The summed E-state index contributed by atoms with van der Waals surface area (Å²) in [4.78, 5) is 17.4. The van der Waals surface area contributed by atoms with E-state index in [-0.39, 0.29) is 12.0 Å². The van der Waals surface area contributed by atoms with Gasteiger partial charge in [-0.25, -0.2) is 0 Å². The van der Waals surface area contributed by atoms with Crippen molar-refractivity contribution in [2.45, 2.75) is 25.5 Å². The maximum atomic E-state index is 13.6. The van der Waals surface area contributed by atoms with Gasteiger partial charge in [0.15, 0.2) is 11.5 Å². The number of carbonyl (C=O) groups is 1. The molecule has 7 heteroatoms. The molecule has 1 unspecified atom stereocenters. The van der Waals surface area contributed by atoms with Crippen molar-refractivity contribution in [3.8, 4) is 17.2 Å². The monoisotopic (exact) mass is 428 g/mol. The van der Waals surface area contributed by atoms with Crippen LogP contribution in [0.4, 0.5) is 5.69 Å². The lowest BCUT2D eigenvalue weighted by molar-refractivity contribution is 0.0506. The van der Waals surface area contributed by atoms with Crippen LogP contribution in [0.3, 0.4) is 0 Å². The van der Waals surface area contributed by atoms with Crippen LogP contribution in [0.5, 0.6) is 17.2 Å². The average molecular weight is 429 g/mol. The highest BCUT2D eigenvalue weighted by Crippen LogP contribution is 2.38. The third kappa shape index (κ3) is 5.41. The van der Waals surface area contributed by atoms with E-state index in [2.05, 4.69) is 29.2 Å². The predicted molar refractivity (Wildman–Crippen MR) is 121 cm³/mol. The van der Waals surface area contributed by atoms with Gasteiger partial charge in [0, 0.05) is 45.0 Å². The molecule has 0 spiro atoms. The maximum Gasteiger partial charge on any atom is 0.254 e. The first-order valence-corrected chi connectivity index (χ1v) is 10.4. The van der Waals surface area contributed by atoms with E-state index in [0.29, 0.717) is 35.9 Å². The number of ether oxygens (including phenoxy) is 4. The Morgan fingerprint density at radius 3 is 2.16 bits per heavy atom. The molecule has 31 heavy (non-hydrogen) atoms. The quantitative estimate of drug-likeness (QED) is 0.608. The SMILES string of the molecule is COc1cc(C(=O)N(Cc2ccc(N(C)C)cc2)CC2CCCO2)cc(OC)c1OC. The van der Waals surface area contributed by atoms with Gasteiger partial charge in [0.25, 0.3) is 5.91 Å². The van der Waals surface area contributed by atoms with Crippen molar-refractivity contribution in [2.75, 3.05) is 53.5 Å². The summed E-state index contributed by atoms with van der Waals surface area (Å²) >= 11 is 0. The van der Waals surface area contributed by atoms with Gasteiger partial charge in [0.2, 0.25) is 5.75 Å². The lowest BCUT2D eigenvalue weighted by Gasteiger charge is -2.26. The Balaban J connectivity index is 1.90. The number of nitrogens with zero attached hydrogens (tertiary/aromatic N) is 2. The van der Waals surface area contributed by atoms with Gasteiger partial charge in [-0.1, -0.05) is 12.1 Å². The average Bonchev–Trinajstić information content (AvgIpc) is 3.30. The molecule has 1 fully saturated rings. The van der Waals surface area contributed by atoms with E-state index in [9.17, 15) is 4.79 Å². The van der Waals surface area contributed by atoms with Crippen LogP contribution in [0.25, 0.3) is 0 Å². The molecule has 1 aliphatic heterocycles. The normalized spacial score (nSPS) is 15.5. The highest BCUT2D eigenvalue weighted by Gasteiger charge is 2.26. The third-order valence-corrected chi connectivity index (χ3v) is 5.47. The standard InChI is InChI=1S/C24H32N2O5/c1-25(2)19-10-8-17(9-11-19)15-26(16-20-7-6-12-31-20)24(27)18-13-21(28-3)23(30-5)22(14-18)29-4/h8-11,13-14,20H,6-7,12,15-16H2,1-5H3. The first-order chi connectivity index (χ1) is 15.0. The molecule has 0 aromatic heterocycles. The molecule has 1 heterocycles. The van der Waals surface area contributed by atoms with Crippen LogP contribution in [-0.4, -0.2) is 65.5 Å². The minimum absolute atomic E-state index is 0.0482. The number of hydrogen-bond donors (Lipinski definition) is 0. The van der Waals surface area contributed by atoms with E-state index in [1.165, 1.54) is 0 Å². The van der Waals surface area contributed by atoms with Gasteiger partial charge in [-0.05, 0) is 42.7 Å². The second-order valence-electron chi connectivity index (χ2n) is 7.80. The van der Waals surface area contributed by atoms with Crippen LogP contribution in [0.2, 0.25) is 0 Å². The molecule has 168 valence electrons. The maximum absolute atomic E-state index is 13.6. The van der Waals surface area contributed by atoms with Gasteiger partial charge in [-0.2, -0.15) is 0 Å². The number of carbonyl (C=O) groups excluding carboxylic acids is 1. The van der Waals surface area contributed by atoms with Crippen LogP contribution in [0, 0.1) is 0 Å². The first kappa shape index (κ1) is 22.7. The fourth-order valence-corrected chi connectivity index (χ4v) is 3.76. The largest absolute Gasteiger partial charge is 0.493 e. The van der Waals surface area contributed by atoms with E-state index in [0.717, 1.165) is 30.7 Å². The Morgan fingerprint density at radius 1 is 1.03 bits per heavy atom. The van der Waals surface area contributed by atoms with Crippen molar-refractivity contribution in [3.05, 3.63) is 47.5 Å². The van der Waals surface area contributed by atoms with Crippen LogP contribution >= 0.6 is 0 Å². The lowest BCUT2D eigenvalue weighted by Crippen LogP contribution is -2.37. The van der Waals surface area contributed by atoms with E-state index in [1.807, 2.05) is 19.0 Å². The summed E-state index contributed by atoms with van der Waals surface area (Å²) in [6.07, 6.45) is 2.03. The van der Waals surface area contributed by atoms with Crippen molar-refractivity contribution < 1.29 is 23.7 Å². The summed E-state index contributed by atoms with van der Waals surface area (Å²) in [5.41, 5.74) is 2.66. The zero-order chi connectivity index (χ0) is 22.4. The topological polar surface area (TPSA) is 60.5 Å². The molecule has 0 bridgehead atoms. The second kappa shape index (κ2) is 10.4. The van der Waals surface area contributed by atoms with Crippen molar-refractivity contribution in [2.24, 2.45) is 0 Å². The predicted octanol–water partition coefficient (Wildman–Crippen LogP) is 3.60. The van der Waals surface area contributed by atoms with E-state index >= 15 is 0 Å². The summed E-state index contributed by atoms with van der Waals surface area (Å²) in [7, 11) is 8.65.